The molecule has 1 aromatic carbocycles. The minimum Gasteiger partial charge on any atom is -0.267 e. The van der Waals surface area contributed by atoms with E-state index in [2.05, 4.69) is 30.8 Å². The molecule has 1 N–H and O–H groups in total. The molecule has 3 rings (SSSR count). The molecule has 0 radical (unpaired) electrons. The average Bonchev–Trinajstić information content (AvgIpc) is 2.88. The number of benzene rings is 1. The van der Waals surface area contributed by atoms with Gasteiger partial charge in [-0.15, -0.1) is 10.2 Å². The van der Waals surface area contributed by atoms with Crippen LogP contribution in [0.25, 0.3) is 5.65 Å². The van der Waals surface area contributed by atoms with E-state index >= 15 is 0 Å². The number of nitro groups is 1. The first kappa shape index (κ1) is 17.3. The van der Waals surface area contributed by atoms with Gasteiger partial charge in [0.05, 0.1) is 9.82 Å². The molecule has 0 aliphatic carbocycles. The number of nitrogens with one attached hydrogen (secondary N) is 1. The Morgan fingerprint density at radius 3 is 2.60 bits per heavy atom. The second-order valence-corrected chi connectivity index (χ2v) is 7.88. The number of pyridine rings is 1. The third-order valence-electron chi connectivity index (χ3n) is 3.65. The molecule has 11 heteroatoms. The highest BCUT2D eigenvalue weighted by atomic mass is 79.9. The minimum atomic E-state index is -4.08. The SMILES string of the molecule is Cc1ccc(S(=O)(=O)Nc2nnc3ccc(Br)cn23)c(C)c1[N+](=O)[O-]. The lowest BCUT2D eigenvalue weighted by Crippen LogP contribution is -2.17. The van der Waals surface area contributed by atoms with E-state index in [4.69, 9.17) is 0 Å². The van der Waals surface area contributed by atoms with Crippen LogP contribution in [0.2, 0.25) is 0 Å². The molecule has 0 unspecified atom stereocenters. The Bertz CT molecular complexity index is 1110. The standard InChI is InChI=1S/C14H12BrN5O4S/c1-8-3-5-11(9(2)13(8)20(21)22)25(23,24)18-14-17-16-12-6-4-10(15)7-19(12)14/h3-7H,1-2H3,(H,17,18). The topological polar surface area (TPSA) is 120 Å². The van der Waals surface area contributed by atoms with Crippen LogP contribution in [0.5, 0.6) is 0 Å². The van der Waals surface area contributed by atoms with Crippen LogP contribution < -0.4 is 4.72 Å². The third kappa shape index (κ3) is 3.07. The number of fused-ring (bicyclic) bond motifs is 1. The van der Waals surface area contributed by atoms with E-state index in [0.717, 1.165) is 0 Å². The maximum atomic E-state index is 12.7. The maximum Gasteiger partial charge on any atom is 0.276 e. The summed E-state index contributed by atoms with van der Waals surface area (Å²) in [6.45, 7) is 2.96. The largest absolute Gasteiger partial charge is 0.276 e. The van der Waals surface area contributed by atoms with Gasteiger partial charge in [0.1, 0.15) is 0 Å². The van der Waals surface area contributed by atoms with E-state index in [0.29, 0.717) is 15.7 Å². The van der Waals surface area contributed by atoms with Gasteiger partial charge in [0.25, 0.3) is 15.7 Å². The normalized spacial score (nSPS) is 11.6. The quantitative estimate of drug-likeness (QED) is 0.506. The van der Waals surface area contributed by atoms with Crippen molar-refractivity contribution in [3.05, 3.63) is 56.2 Å². The Balaban J connectivity index is 2.10. The molecule has 25 heavy (non-hydrogen) atoms. The van der Waals surface area contributed by atoms with Gasteiger partial charge in [0.2, 0.25) is 5.95 Å². The number of hydrogen-bond donors (Lipinski definition) is 1. The Morgan fingerprint density at radius 1 is 1.20 bits per heavy atom. The molecule has 0 atom stereocenters. The van der Waals surface area contributed by atoms with Crippen LogP contribution in [-0.4, -0.2) is 27.9 Å². The Morgan fingerprint density at radius 2 is 1.92 bits per heavy atom. The molecule has 0 aliphatic rings. The monoisotopic (exact) mass is 425 g/mol. The molecule has 0 spiro atoms. The summed E-state index contributed by atoms with van der Waals surface area (Å²) < 4.78 is 29.9. The van der Waals surface area contributed by atoms with Crippen molar-refractivity contribution in [2.45, 2.75) is 18.7 Å². The van der Waals surface area contributed by atoms with Gasteiger partial charge in [-0.3, -0.25) is 14.5 Å². The van der Waals surface area contributed by atoms with Gasteiger partial charge in [0, 0.05) is 21.8 Å². The van der Waals surface area contributed by atoms with Crippen molar-refractivity contribution in [2.24, 2.45) is 0 Å². The summed E-state index contributed by atoms with van der Waals surface area (Å²) in [5.74, 6) is -0.0149. The summed E-state index contributed by atoms with van der Waals surface area (Å²) in [4.78, 5) is 10.4. The fraction of sp³-hybridized carbons (Fsp3) is 0.143. The zero-order chi connectivity index (χ0) is 18.4. The number of nitro benzene ring substituents is 1. The molecular formula is C14H12BrN5O4S. The van der Waals surface area contributed by atoms with Crippen LogP contribution in [-0.2, 0) is 10.0 Å². The molecule has 0 saturated heterocycles. The van der Waals surface area contributed by atoms with E-state index in [-0.39, 0.29) is 22.1 Å². The molecule has 0 amide bonds. The number of aryl methyl sites for hydroxylation is 1. The van der Waals surface area contributed by atoms with Crippen molar-refractivity contribution in [2.75, 3.05) is 4.72 Å². The zero-order valence-electron chi connectivity index (χ0n) is 13.1. The van der Waals surface area contributed by atoms with Gasteiger partial charge in [0.15, 0.2) is 5.65 Å². The molecule has 0 fully saturated rings. The lowest BCUT2D eigenvalue weighted by molar-refractivity contribution is -0.386. The van der Waals surface area contributed by atoms with Crippen LogP contribution in [0.3, 0.4) is 0 Å². The highest BCUT2D eigenvalue weighted by molar-refractivity contribution is 9.10. The molecule has 9 nitrogen and oxygen atoms in total. The fourth-order valence-corrected chi connectivity index (χ4v) is 4.07. The third-order valence-corrected chi connectivity index (χ3v) is 5.59. The first-order valence-corrected chi connectivity index (χ1v) is 9.26. The van der Waals surface area contributed by atoms with Crippen molar-refractivity contribution in [1.29, 1.82) is 0 Å². The number of rotatable bonds is 4. The van der Waals surface area contributed by atoms with Gasteiger partial charge in [-0.2, -0.15) is 0 Å². The molecule has 130 valence electrons. The lowest BCUT2D eigenvalue weighted by atomic mass is 10.1. The molecule has 0 bridgehead atoms. The molecule has 0 saturated carbocycles. The van der Waals surface area contributed by atoms with Crippen molar-refractivity contribution in [3.63, 3.8) is 0 Å². The van der Waals surface area contributed by atoms with E-state index in [1.54, 1.807) is 25.3 Å². The lowest BCUT2D eigenvalue weighted by Gasteiger charge is -2.10. The smallest absolute Gasteiger partial charge is 0.267 e. The van der Waals surface area contributed by atoms with Crippen LogP contribution >= 0.6 is 15.9 Å². The maximum absolute atomic E-state index is 12.7. The van der Waals surface area contributed by atoms with Gasteiger partial charge < -0.3 is 0 Å². The Hall–Kier alpha value is -2.53. The Labute approximate surface area is 151 Å². The second kappa shape index (κ2) is 6.08. The van der Waals surface area contributed by atoms with Crippen LogP contribution in [0.1, 0.15) is 11.1 Å². The highest BCUT2D eigenvalue weighted by Gasteiger charge is 2.26. The first-order chi connectivity index (χ1) is 11.7. The summed E-state index contributed by atoms with van der Waals surface area (Å²) in [6, 6.07) is 6.14. The number of nitrogens with zero attached hydrogens (tertiary/aromatic N) is 4. The van der Waals surface area contributed by atoms with E-state index < -0.39 is 14.9 Å². The number of anilines is 1. The number of sulfonamides is 1. The van der Waals surface area contributed by atoms with E-state index in [1.807, 2.05) is 0 Å². The van der Waals surface area contributed by atoms with Crippen LogP contribution in [0.15, 0.2) is 39.8 Å². The molecule has 0 aliphatic heterocycles. The number of hydrogen-bond acceptors (Lipinski definition) is 6. The zero-order valence-corrected chi connectivity index (χ0v) is 15.5. The summed E-state index contributed by atoms with van der Waals surface area (Å²) in [6.07, 6.45) is 1.61. The van der Waals surface area contributed by atoms with Gasteiger partial charge >= 0.3 is 0 Å². The minimum absolute atomic E-state index is 0.0149. The second-order valence-electron chi connectivity index (χ2n) is 5.32. The highest BCUT2D eigenvalue weighted by Crippen LogP contribution is 2.29. The average molecular weight is 426 g/mol. The summed E-state index contributed by atoms with van der Waals surface area (Å²) in [5, 5.41) is 18.9. The molecule has 2 aromatic heterocycles. The fourth-order valence-electron chi connectivity index (χ4n) is 2.50. The van der Waals surface area contributed by atoms with Crippen molar-refractivity contribution in [1.82, 2.24) is 14.6 Å². The summed E-state index contributed by atoms with van der Waals surface area (Å²) in [5.41, 5.74) is 0.676. The molecule has 2 heterocycles. The Kier molecular flexibility index (Phi) is 4.21. The number of halogens is 1. The summed E-state index contributed by atoms with van der Waals surface area (Å²) >= 11 is 3.29. The predicted octanol–water partition coefficient (Wildman–Crippen LogP) is 2.82. The van der Waals surface area contributed by atoms with E-state index in [9.17, 15) is 18.5 Å². The predicted molar refractivity (Wildman–Crippen MR) is 94.1 cm³/mol. The van der Waals surface area contributed by atoms with Gasteiger partial charge in [-0.25, -0.2) is 13.1 Å². The number of aromatic nitrogens is 3. The van der Waals surface area contributed by atoms with Crippen LogP contribution in [0, 0.1) is 24.0 Å². The van der Waals surface area contributed by atoms with Gasteiger partial charge in [-0.05, 0) is 48.0 Å². The van der Waals surface area contributed by atoms with Crippen molar-refractivity contribution >= 4 is 43.2 Å². The first-order valence-electron chi connectivity index (χ1n) is 6.98. The van der Waals surface area contributed by atoms with E-state index in [1.165, 1.54) is 23.5 Å². The van der Waals surface area contributed by atoms with Crippen molar-refractivity contribution < 1.29 is 13.3 Å². The van der Waals surface area contributed by atoms with Gasteiger partial charge in [-0.1, -0.05) is 6.07 Å². The molecule has 3 aromatic rings. The van der Waals surface area contributed by atoms with Crippen molar-refractivity contribution in [3.8, 4) is 0 Å². The summed E-state index contributed by atoms with van der Waals surface area (Å²) in [7, 11) is -4.08. The molecular weight excluding hydrogens is 414 g/mol. The van der Waals surface area contributed by atoms with Crippen LogP contribution in [0.4, 0.5) is 11.6 Å².